The van der Waals surface area contributed by atoms with Gasteiger partial charge in [0.2, 0.25) is 0 Å². The second-order valence-corrected chi connectivity index (χ2v) is 4.01. The normalized spacial score (nSPS) is 21.4. The summed E-state index contributed by atoms with van der Waals surface area (Å²) in [7, 11) is 0. The maximum atomic E-state index is 8.96. The summed E-state index contributed by atoms with van der Waals surface area (Å²) in [5.41, 5.74) is 0. The van der Waals surface area contributed by atoms with Crippen molar-refractivity contribution in [3.05, 3.63) is 0 Å². The van der Waals surface area contributed by atoms with Crippen molar-refractivity contribution in [3.8, 4) is 0 Å². The number of aliphatic hydroxyl groups excluding tert-OH is 1. The lowest BCUT2D eigenvalue weighted by Crippen LogP contribution is -2.40. The number of hydrogen-bond donors (Lipinski definition) is 2. The molecule has 1 atom stereocenters. The molecule has 1 aliphatic rings. The average molecular weight is 216 g/mol. The maximum absolute atomic E-state index is 8.96. The number of hydrogen-bond acceptors (Lipinski definition) is 4. The third-order valence-corrected chi connectivity index (χ3v) is 2.81. The van der Waals surface area contributed by atoms with E-state index in [1.54, 1.807) is 0 Å². The fourth-order valence-corrected chi connectivity index (χ4v) is 2.00. The van der Waals surface area contributed by atoms with Crippen molar-refractivity contribution in [2.45, 2.75) is 25.8 Å². The average Bonchev–Trinajstić information content (AvgIpc) is 2.71. The molecule has 0 saturated carbocycles. The van der Waals surface area contributed by atoms with Crippen LogP contribution in [0.1, 0.15) is 19.8 Å². The Hall–Kier alpha value is -0.160. The molecule has 4 nitrogen and oxygen atoms in total. The van der Waals surface area contributed by atoms with E-state index in [1.807, 2.05) is 6.92 Å². The molecule has 0 bridgehead atoms. The van der Waals surface area contributed by atoms with Gasteiger partial charge in [0.05, 0.1) is 13.2 Å². The lowest BCUT2D eigenvalue weighted by molar-refractivity contribution is 0.0999. The Bertz CT molecular complexity index is 150. The molecule has 1 aliphatic heterocycles. The highest BCUT2D eigenvalue weighted by molar-refractivity contribution is 4.77. The summed E-state index contributed by atoms with van der Waals surface area (Å²) in [4.78, 5) is 2.28. The molecular weight excluding hydrogens is 192 g/mol. The van der Waals surface area contributed by atoms with Crippen molar-refractivity contribution >= 4 is 0 Å². The van der Waals surface area contributed by atoms with Crippen LogP contribution in [0.25, 0.3) is 0 Å². The van der Waals surface area contributed by atoms with Crippen LogP contribution in [0.3, 0.4) is 0 Å². The van der Waals surface area contributed by atoms with Gasteiger partial charge in [-0.3, -0.25) is 4.90 Å². The van der Waals surface area contributed by atoms with E-state index in [0.717, 1.165) is 39.4 Å². The molecule has 0 aromatic carbocycles. The van der Waals surface area contributed by atoms with Gasteiger partial charge in [0, 0.05) is 32.3 Å². The minimum Gasteiger partial charge on any atom is -0.395 e. The zero-order valence-electron chi connectivity index (χ0n) is 9.74. The summed E-state index contributed by atoms with van der Waals surface area (Å²) in [6.45, 7) is 7.64. The summed E-state index contributed by atoms with van der Waals surface area (Å²) in [5.74, 6) is 0. The van der Waals surface area contributed by atoms with E-state index in [9.17, 15) is 0 Å². The third-order valence-electron chi connectivity index (χ3n) is 2.81. The monoisotopic (exact) mass is 216 g/mol. The summed E-state index contributed by atoms with van der Waals surface area (Å²) in [5, 5.41) is 12.4. The van der Waals surface area contributed by atoms with Crippen molar-refractivity contribution in [2.75, 3.05) is 46.0 Å². The van der Waals surface area contributed by atoms with E-state index in [-0.39, 0.29) is 6.61 Å². The quantitative estimate of drug-likeness (QED) is 0.564. The van der Waals surface area contributed by atoms with Gasteiger partial charge in [-0.05, 0) is 26.3 Å². The van der Waals surface area contributed by atoms with Gasteiger partial charge in [-0.1, -0.05) is 0 Å². The second-order valence-electron chi connectivity index (χ2n) is 4.01. The van der Waals surface area contributed by atoms with Crippen LogP contribution in [0.15, 0.2) is 0 Å². The molecule has 0 amide bonds. The maximum Gasteiger partial charge on any atom is 0.0593 e. The summed E-state index contributed by atoms with van der Waals surface area (Å²) >= 11 is 0. The summed E-state index contributed by atoms with van der Waals surface area (Å²) in [6.07, 6.45) is 2.54. The molecule has 15 heavy (non-hydrogen) atoms. The van der Waals surface area contributed by atoms with Gasteiger partial charge in [0.25, 0.3) is 0 Å². The Morgan fingerprint density at radius 2 is 2.33 bits per heavy atom. The minimum absolute atomic E-state index is 0.235. The van der Waals surface area contributed by atoms with E-state index >= 15 is 0 Å². The van der Waals surface area contributed by atoms with Gasteiger partial charge in [0.1, 0.15) is 0 Å². The zero-order chi connectivity index (χ0) is 10.9. The van der Waals surface area contributed by atoms with Crippen LogP contribution < -0.4 is 5.32 Å². The van der Waals surface area contributed by atoms with Gasteiger partial charge >= 0.3 is 0 Å². The van der Waals surface area contributed by atoms with Crippen molar-refractivity contribution < 1.29 is 9.84 Å². The largest absolute Gasteiger partial charge is 0.395 e. The second kappa shape index (κ2) is 8.05. The van der Waals surface area contributed by atoms with E-state index in [0.29, 0.717) is 6.04 Å². The summed E-state index contributed by atoms with van der Waals surface area (Å²) < 4.78 is 5.33. The van der Waals surface area contributed by atoms with Crippen LogP contribution >= 0.6 is 0 Å². The first kappa shape index (κ1) is 12.9. The first-order valence-corrected chi connectivity index (χ1v) is 6.01. The van der Waals surface area contributed by atoms with Crippen molar-refractivity contribution in [3.63, 3.8) is 0 Å². The van der Waals surface area contributed by atoms with Crippen molar-refractivity contribution in [1.82, 2.24) is 10.2 Å². The molecule has 0 aromatic rings. The molecular formula is C11H24N2O2. The molecule has 90 valence electrons. The highest BCUT2D eigenvalue weighted by Gasteiger charge is 2.17. The van der Waals surface area contributed by atoms with E-state index in [4.69, 9.17) is 9.84 Å². The van der Waals surface area contributed by atoms with Crippen LogP contribution in [0.4, 0.5) is 0 Å². The van der Waals surface area contributed by atoms with Gasteiger partial charge in [0.15, 0.2) is 0 Å². The van der Waals surface area contributed by atoms with Crippen LogP contribution in [0, 0.1) is 0 Å². The molecule has 1 saturated heterocycles. The first-order chi connectivity index (χ1) is 7.36. The molecule has 2 N–H and O–H groups in total. The molecule has 0 aromatic heterocycles. The van der Waals surface area contributed by atoms with E-state index < -0.39 is 0 Å². The van der Waals surface area contributed by atoms with Crippen molar-refractivity contribution in [2.24, 2.45) is 0 Å². The molecule has 1 rings (SSSR count). The smallest absolute Gasteiger partial charge is 0.0593 e. The Morgan fingerprint density at radius 3 is 2.93 bits per heavy atom. The SMILES string of the molecule is CCOCCN(CCO)CC1CCCN1. The Balaban J connectivity index is 2.16. The predicted octanol–water partition coefficient (Wildman–Crippen LogP) is 0.0692. The lowest BCUT2D eigenvalue weighted by atomic mass is 10.2. The van der Waals surface area contributed by atoms with Gasteiger partial charge < -0.3 is 15.2 Å². The highest BCUT2D eigenvalue weighted by Crippen LogP contribution is 2.06. The molecule has 1 fully saturated rings. The molecule has 1 heterocycles. The summed E-state index contributed by atoms with van der Waals surface area (Å²) in [6, 6.07) is 0.609. The minimum atomic E-state index is 0.235. The molecule has 0 aliphatic carbocycles. The number of nitrogens with one attached hydrogen (secondary N) is 1. The lowest BCUT2D eigenvalue weighted by Gasteiger charge is -2.24. The van der Waals surface area contributed by atoms with Crippen LogP contribution in [-0.2, 0) is 4.74 Å². The number of ether oxygens (including phenoxy) is 1. The fourth-order valence-electron chi connectivity index (χ4n) is 2.00. The molecule has 4 heteroatoms. The Morgan fingerprint density at radius 1 is 1.47 bits per heavy atom. The molecule has 1 unspecified atom stereocenters. The first-order valence-electron chi connectivity index (χ1n) is 6.01. The Kier molecular flexibility index (Phi) is 6.92. The van der Waals surface area contributed by atoms with Crippen LogP contribution in [-0.4, -0.2) is 62.0 Å². The Labute approximate surface area is 92.6 Å². The predicted molar refractivity (Wildman–Crippen MR) is 61.0 cm³/mol. The fraction of sp³-hybridized carbons (Fsp3) is 1.00. The van der Waals surface area contributed by atoms with Gasteiger partial charge in [-0.25, -0.2) is 0 Å². The standard InChI is InChI=1S/C11H24N2O2/c1-2-15-9-7-13(6-8-14)10-11-4-3-5-12-11/h11-12,14H,2-10H2,1H3. The highest BCUT2D eigenvalue weighted by atomic mass is 16.5. The number of rotatable bonds is 8. The number of aliphatic hydroxyl groups is 1. The van der Waals surface area contributed by atoms with Gasteiger partial charge in [-0.2, -0.15) is 0 Å². The van der Waals surface area contributed by atoms with E-state index in [1.165, 1.54) is 12.8 Å². The topological polar surface area (TPSA) is 44.7 Å². The van der Waals surface area contributed by atoms with Gasteiger partial charge in [-0.15, -0.1) is 0 Å². The number of nitrogens with zero attached hydrogens (tertiary/aromatic N) is 1. The molecule has 0 spiro atoms. The van der Waals surface area contributed by atoms with Crippen LogP contribution in [0.5, 0.6) is 0 Å². The van der Waals surface area contributed by atoms with Crippen LogP contribution in [0.2, 0.25) is 0 Å². The van der Waals surface area contributed by atoms with E-state index in [2.05, 4.69) is 10.2 Å². The molecule has 0 radical (unpaired) electrons. The van der Waals surface area contributed by atoms with Crippen molar-refractivity contribution in [1.29, 1.82) is 0 Å². The third kappa shape index (κ3) is 5.47. The zero-order valence-corrected chi connectivity index (χ0v) is 9.74.